The van der Waals surface area contributed by atoms with E-state index in [4.69, 9.17) is 11.6 Å². The minimum atomic E-state index is -4.82. The summed E-state index contributed by atoms with van der Waals surface area (Å²) in [6.07, 6.45) is 1.03. The molecule has 2 aromatic rings. The SMILES string of the molecule is C=P(C)(C)/C(Br)=C/c1cc(-n2c(=O)cc(C(F)(F)F)n(C)c2=O)c(C)cc1Cl. The standard InChI is InChI=1S/C18H18BrClF3N2O2P/c1-10-6-12(20)11(8-15(19)28(3,4)5)7-13(10)25-16(26)9-14(18(21,22)23)24(2)17(25)27/h6-9H,3H2,1-2,4-5H3/b15-8+. The monoisotopic (exact) mass is 496 g/mol. The summed E-state index contributed by atoms with van der Waals surface area (Å²) in [5, 5.41) is 0.378. The zero-order valence-corrected chi connectivity index (χ0v) is 18.8. The van der Waals surface area contributed by atoms with Gasteiger partial charge in [0.1, 0.15) is 5.69 Å². The third kappa shape index (κ3) is 4.56. The van der Waals surface area contributed by atoms with Gasteiger partial charge in [0.25, 0.3) is 5.56 Å². The molecule has 0 saturated heterocycles. The maximum atomic E-state index is 13.1. The zero-order valence-electron chi connectivity index (χ0n) is 15.6. The number of hydrogen-bond donors (Lipinski definition) is 0. The van der Waals surface area contributed by atoms with E-state index in [0.717, 1.165) is 11.3 Å². The Morgan fingerprint density at radius 1 is 1.25 bits per heavy atom. The predicted octanol–water partition coefficient (Wildman–Crippen LogP) is 4.92. The molecule has 0 fully saturated rings. The molecule has 2 rings (SSSR count). The molecule has 0 aliphatic carbocycles. The number of halogens is 5. The smallest absolute Gasteiger partial charge is 0.292 e. The lowest BCUT2D eigenvalue weighted by Crippen LogP contribution is -2.41. The van der Waals surface area contributed by atoms with Crippen molar-refractivity contribution in [2.45, 2.75) is 13.1 Å². The fraction of sp³-hybridized carbons (Fsp3) is 0.278. The average Bonchev–Trinajstić information content (AvgIpc) is 2.52. The third-order valence-corrected chi connectivity index (χ3v) is 8.74. The van der Waals surface area contributed by atoms with Crippen LogP contribution in [0.1, 0.15) is 16.8 Å². The van der Waals surface area contributed by atoms with Gasteiger partial charge in [0, 0.05) is 22.4 Å². The van der Waals surface area contributed by atoms with Crippen molar-refractivity contribution in [1.82, 2.24) is 9.13 Å². The van der Waals surface area contributed by atoms with Crippen molar-refractivity contribution in [3.63, 3.8) is 0 Å². The van der Waals surface area contributed by atoms with Gasteiger partial charge in [-0.25, -0.2) is 9.36 Å². The van der Waals surface area contributed by atoms with Gasteiger partial charge in [-0.05, 0) is 49.6 Å². The highest BCUT2D eigenvalue weighted by atomic mass is 79.9. The largest absolute Gasteiger partial charge is 0.431 e. The molecular formula is C18H18BrClF3N2O2P. The fourth-order valence-corrected chi connectivity index (χ4v) is 3.46. The molecule has 0 radical (unpaired) electrons. The van der Waals surface area contributed by atoms with Crippen LogP contribution in [0, 0.1) is 6.92 Å². The Morgan fingerprint density at radius 3 is 2.32 bits per heavy atom. The van der Waals surface area contributed by atoms with E-state index in [1.165, 1.54) is 6.07 Å². The van der Waals surface area contributed by atoms with Crippen molar-refractivity contribution in [2.24, 2.45) is 7.05 Å². The molecule has 152 valence electrons. The number of alkyl halides is 3. The molecule has 0 atom stereocenters. The second kappa shape index (κ2) is 7.73. The molecule has 1 aromatic carbocycles. The Labute approximate surface area is 173 Å². The first kappa shape index (κ1) is 22.8. The van der Waals surface area contributed by atoms with Crippen LogP contribution in [0.15, 0.2) is 32.0 Å². The predicted molar refractivity (Wildman–Crippen MR) is 115 cm³/mol. The molecule has 0 aliphatic heterocycles. The van der Waals surface area contributed by atoms with Crippen molar-refractivity contribution in [3.05, 3.63) is 65.1 Å². The Bertz CT molecular complexity index is 1140. The Hall–Kier alpha value is -1.50. The Morgan fingerprint density at radius 2 is 1.82 bits per heavy atom. The van der Waals surface area contributed by atoms with E-state index in [1.807, 2.05) is 13.3 Å². The first-order valence-electron chi connectivity index (χ1n) is 7.91. The summed E-state index contributed by atoms with van der Waals surface area (Å²) in [6.45, 7) is 3.94. The minimum absolute atomic E-state index is 0.162. The first-order chi connectivity index (χ1) is 12.6. The summed E-state index contributed by atoms with van der Waals surface area (Å²) >= 11 is 9.76. The van der Waals surface area contributed by atoms with Crippen LogP contribution in [0.4, 0.5) is 13.2 Å². The van der Waals surface area contributed by atoms with E-state index < -0.39 is 30.0 Å². The summed E-state index contributed by atoms with van der Waals surface area (Å²) < 4.78 is 41.1. The maximum absolute atomic E-state index is 13.1. The molecule has 0 amide bonds. The van der Waals surface area contributed by atoms with E-state index in [1.54, 1.807) is 19.1 Å². The molecule has 28 heavy (non-hydrogen) atoms. The lowest BCUT2D eigenvalue weighted by molar-refractivity contribution is -0.144. The number of aromatic nitrogens is 2. The number of nitrogens with zero attached hydrogens (tertiary/aromatic N) is 2. The molecule has 0 N–H and O–H groups in total. The summed E-state index contributed by atoms with van der Waals surface area (Å²) in [4.78, 5) is 24.9. The second-order valence-electron chi connectivity index (χ2n) is 6.85. The highest BCUT2D eigenvalue weighted by Gasteiger charge is 2.35. The number of benzene rings is 1. The van der Waals surface area contributed by atoms with Gasteiger partial charge in [-0.15, -0.1) is 0 Å². The molecule has 0 saturated carbocycles. The molecule has 0 bridgehead atoms. The number of hydrogen-bond acceptors (Lipinski definition) is 2. The van der Waals surface area contributed by atoms with Gasteiger partial charge in [0.15, 0.2) is 0 Å². The van der Waals surface area contributed by atoms with Gasteiger partial charge < -0.3 is 0 Å². The van der Waals surface area contributed by atoms with Crippen LogP contribution in [-0.2, 0) is 13.2 Å². The van der Waals surface area contributed by atoms with Crippen molar-refractivity contribution < 1.29 is 13.2 Å². The lowest BCUT2D eigenvalue weighted by atomic mass is 10.1. The van der Waals surface area contributed by atoms with Crippen LogP contribution in [0.3, 0.4) is 0 Å². The third-order valence-electron chi connectivity index (χ3n) is 4.02. The molecule has 0 aliphatic rings. The van der Waals surface area contributed by atoms with Gasteiger partial charge in [-0.1, -0.05) is 40.7 Å². The van der Waals surface area contributed by atoms with Crippen molar-refractivity contribution in [1.29, 1.82) is 0 Å². The summed E-state index contributed by atoms with van der Waals surface area (Å²) in [6, 6.07) is 3.47. The van der Waals surface area contributed by atoms with Gasteiger partial charge in [-0.3, -0.25) is 9.36 Å². The molecule has 4 nitrogen and oxygen atoms in total. The highest BCUT2D eigenvalue weighted by molar-refractivity contribution is 9.13. The molecular weight excluding hydrogens is 480 g/mol. The topological polar surface area (TPSA) is 44.0 Å². The van der Waals surface area contributed by atoms with Crippen LogP contribution in [0.25, 0.3) is 11.8 Å². The van der Waals surface area contributed by atoms with Gasteiger partial charge in [-0.2, -0.15) is 13.2 Å². The van der Waals surface area contributed by atoms with Crippen molar-refractivity contribution in [3.8, 4) is 5.69 Å². The lowest BCUT2D eigenvalue weighted by Gasteiger charge is -2.16. The number of rotatable bonds is 3. The number of aryl methyl sites for hydroxylation is 1. The quantitative estimate of drug-likeness (QED) is 0.565. The van der Waals surface area contributed by atoms with E-state index >= 15 is 0 Å². The van der Waals surface area contributed by atoms with Crippen LogP contribution >= 0.6 is 34.4 Å². The highest BCUT2D eigenvalue weighted by Crippen LogP contribution is 2.50. The van der Waals surface area contributed by atoms with E-state index in [2.05, 4.69) is 22.2 Å². The van der Waals surface area contributed by atoms with Crippen molar-refractivity contribution >= 4 is 46.8 Å². The van der Waals surface area contributed by atoms with Crippen LogP contribution < -0.4 is 11.2 Å². The molecule has 0 spiro atoms. The van der Waals surface area contributed by atoms with Crippen LogP contribution in [0.2, 0.25) is 5.02 Å². The Balaban J connectivity index is 2.83. The zero-order chi connectivity index (χ0) is 21.6. The molecule has 0 unspecified atom stereocenters. The molecule has 10 heteroatoms. The van der Waals surface area contributed by atoms with E-state index in [-0.39, 0.29) is 5.69 Å². The van der Waals surface area contributed by atoms with E-state index in [9.17, 15) is 22.8 Å². The summed E-state index contributed by atoms with van der Waals surface area (Å²) in [5.41, 5.74) is -2.32. The second-order valence-corrected chi connectivity index (χ2v) is 12.6. The van der Waals surface area contributed by atoms with Crippen LogP contribution in [0.5, 0.6) is 0 Å². The summed E-state index contributed by atoms with van der Waals surface area (Å²) in [5.74, 6) is 0. The maximum Gasteiger partial charge on any atom is 0.431 e. The van der Waals surface area contributed by atoms with E-state index in [0.29, 0.717) is 31.4 Å². The van der Waals surface area contributed by atoms with Crippen molar-refractivity contribution in [2.75, 3.05) is 13.3 Å². The molecule has 1 heterocycles. The Kier molecular flexibility index (Phi) is 6.29. The van der Waals surface area contributed by atoms with Crippen LogP contribution in [-0.4, -0.2) is 28.8 Å². The minimum Gasteiger partial charge on any atom is -0.292 e. The summed E-state index contributed by atoms with van der Waals surface area (Å²) in [7, 11) is 0.972. The molecule has 1 aromatic heterocycles. The first-order valence-corrected chi connectivity index (χ1v) is 12.0. The van der Waals surface area contributed by atoms with Gasteiger partial charge >= 0.3 is 11.9 Å². The normalized spacial score (nSPS) is 13.1. The van der Waals surface area contributed by atoms with Gasteiger partial charge in [0.2, 0.25) is 0 Å². The fourth-order valence-electron chi connectivity index (χ4n) is 2.45. The average molecular weight is 498 g/mol. The van der Waals surface area contributed by atoms with Gasteiger partial charge in [0.05, 0.1) is 5.69 Å².